The Hall–Kier alpha value is -0.570. The van der Waals surface area contributed by atoms with Crippen molar-refractivity contribution >= 4 is 5.91 Å². The van der Waals surface area contributed by atoms with Crippen molar-refractivity contribution in [2.24, 2.45) is 11.3 Å². The molecule has 2 aliphatic rings. The molecule has 0 bridgehead atoms. The third-order valence-corrected chi connectivity index (χ3v) is 3.98. The van der Waals surface area contributed by atoms with E-state index in [4.69, 9.17) is 5.11 Å². The van der Waals surface area contributed by atoms with E-state index in [9.17, 15) is 4.79 Å². The summed E-state index contributed by atoms with van der Waals surface area (Å²) in [7, 11) is 0. The van der Waals surface area contributed by atoms with Gasteiger partial charge in [0.15, 0.2) is 0 Å². The second kappa shape index (κ2) is 4.12. The maximum Gasteiger partial charge on any atom is 0.228 e. The van der Waals surface area contributed by atoms with Gasteiger partial charge in [-0.05, 0) is 12.8 Å². The highest BCUT2D eigenvalue weighted by atomic mass is 16.3. The topological polar surface area (TPSA) is 40.5 Å². The molecule has 1 N–H and O–H groups in total. The summed E-state index contributed by atoms with van der Waals surface area (Å²) in [6.07, 6.45) is 5.76. The number of aliphatic hydroxyl groups is 1. The van der Waals surface area contributed by atoms with Gasteiger partial charge in [0.05, 0.1) is 0 Å². The van der Waals surface area contributed by atoms with Crippen molar-refractivity contribution in [1.82, 2.24) is 4.90 Å². The van der Waals surface area contributed by atoms with Crippen LogP contribution >= 0.6 is 0 Å². The molecule has 1 aliphatic carbocycles. The van der Waals surface area contributed by atoms with Gasteiger partial charge >= 0.3 is 0 Å². The summed E-state index contributed by atoms with van der Waals surface area (Å²) in [5.74, 6) is 0.660. The number of nitrogens with zero attached hydrogens (tertiary/aromatic N) is 1. The van der Waals surface area contributed by atoms with Gasteiger partial charge in [-0.2, -0.15) is 0 Å². The number of rotatable bonds is 2. The molecule has 0 unspecified atom stereocenters. The van der Waals surface area contributed by atoms with Gasteiger partial charge < -0.3 is 10.0 Å². The lowest BCUT2D eigenvalue weighted by atomic mass is 9.74. The number of likely N-dealkylation sites (tertiary alicyclic amines) is 1. The first-order valence-corrected chi connectivity index (χ1v) is 6.06. The number of carbonyl (C=O) groups is 1. The molecule has 1 amide bonds. The SMILES string of the molecule is CC1(C(=O)N2CC(CO)C2)CCCCC1. The molecular formula is C12H21NO2. The summed E-state index contributed by atoms with van der Waals surface area (Å²) < 4.78 is 0. The van der Waals surface area contributed by atoms with Gasteiger partial charge in [-0.25, -0.2) is 0 Å². The van der Waals surface area contributed by atoms with Crippen LogP contribution in [-0.2, 0) is 4.79 Å². The van der Waals surface area contributed by atoms with Crippen molar-refractivity contribution in [2.45, 2.75) is 39.0 Å². The van der Waals surface area contributed by atoms with E-state index >= 15 is 0 Å². The fraction of sp³-hybridized carbons (Fsp3) is 0.917. The molecule has 0 aromatic carbocycles. The highest BCUT2D eigenvalue weighted by molar-refractivity contribution is 5.83. The second-order valence-corrected chi connectivity index (χ2v) is 5.38. The molecule has 1 heterocycles. The van der Waals surface area contributed by atoms with E-state index in [0.29, 0.717) is 11.8 Å². The largest absolute Gasteiger partial charge is 0.396 e. The normalized spacial score (nSPS) is 26.1. The summed E-state index contributed by atoms with van der Waals surface area (Å²) >= 11 is 0. The van der Waals surface area contributed by atoms with E-state index < -0.39 is 0 Å². The summed E-state index contributed by atoms with van der Waals surface area (Å²) in [4.78, 5) is 14.1. The Morgan fingerprint density at radius 3 is 2.47 bits per heavy atom. The van der Waals surface area contributed by atoms with Crippen LogP contribution in [0.25, 0.3) is 0 Å². The van der Waals surface area contributed by atoms with Gasteiger partial charge in [0.25, 0.3) is 0 Å². The van der Waals surface area contributed by atoms with Crippen LogP contribution in [0.5, 0.6) is 0 Å². The summed E-state index contributed by atoms with van der Waals surface area (Å²) in [6, 6.07) is 0. The number of carbonyl (C=O) groups excluding carboxylic acids is 1. The number of amides is 1. The van der Waals surface area contributed by atoms with Crippen LogP contribution in [0.4, 0.5) is 0 Å². The molecule has 2 rings (SSSR count). The Morgan fingerprint density at radius 1 is 1.33 bits per heavy atom. The Bertz CT molecular complexity index is 240. The molecule has 1 saturated heterocycles. The van der Waals surface area contributed by atoms with Crippen molar-refractivity contribution in [1.29, 1.82) is 0 Å². The molecule has 2 fully saturated rings. The number of aliphatic hydroxyl groups excluding tert-OH is 1. The lowest BCUT2D eigenvalue weighted by Gasteiger charge is -2.44. The quantitative estimate of drug-likeness (QED) is 0.750. The zero-order valence-corrected chi connectivity index (χ0v) is 9.54. The lowest BCUT2D eigenvalue weighted by Crippen LogP contribution is -2.56. The van der Waals surface area contributed by atoms with Gasteiger partial charge in [0.2, 0.25) is 5.91 Å². The van der Waals surface area contributed by atoms with Crippen molar-refractivity contribution in [3.05, 3.63) is 0 Å². The number of hydrogen-bond acceptors (Lipinski definition) is 2. The Morgan fingerprint density at radius 2 is 1.93 bits per heavy atom. The Balaban J connectivity index is 1.90. The van der Waals surface area contributed by atoms with Gasteiger partial charge in [0, 0.05) is 31.0 Å². The predicted molar refractivity (Wildman–Crippen MR) is 58.3 cm³/mol. The van der Waals surface area contributed by atoms with E-state index in [0.717, 1.165) is 25.9 Å². The fourth-order valence-corrected chi connectivity index (χ4v) is 2.78. The maximum absolute atomic E-state index is 12.2. The molecule has 0 atom stereocenters. The highest BCUT2D eigenvalue weighted by Gasteiger charge is 2.41. The standard InChI is InChI=1S/C12H21NO2/c1-12(5-3-2-4-6-12)11(15)13-7-10(8-13)9-14/h10,14H,2-9H2,1H3. The zero-order valence-electron chi connectivity index (χ0n) is 9.54. The van der Waals surface area contributed by atoms with Crippen LogP contribution in [-0.4, -0.2) is 35.6 Å². The predicted octanol–water partition coefficient (Wildman–Crippen LogP) is 1.41. The molecular weight excluding hydrogens is 190 g/mol. The Kier molecular flexibility index (Phi) is 3.01. The molecule has 0 aromatic heterocycles. The van der Waals surface area contributed by atoms with Crippen molar-refractivity contribution in [2.75, 3.05) is 19.7 Å². The van der Waals surface area contributed by atoms with Gasteiger partial charge in [-0.15, -0.1) is 0 Å². The molecule has 3 heteroatoms. The van der Waals surface area contributed by atoms with Gasteiger partial charge in [-0.3, -0.25) is 4.79 Å². The first-order chi connectivity index (χ1) is 7.15. The molecule has 1 saturated carbocycles. The molecule has 0 spiro atoms. The lowest BCUT2D eigenvalue weighted by molar-refractivity contribution is -0.150. The molecule has 1 aliphatic heterocycles. The van der Waals surface area contributed by atoms with E-state index in [2.05, 4.69) is 6.92 Å². The number of hydrogen-bond donors (Lipinski definition) is 1. The zero-order chi connectivity index (χ0) is 10.9. The summed E-state index contributed by atoms with van der Waals surface area (Å²) in [5, 5.41) is 8.92. The minimum atomic E-state index is -0.0985. The molecule has 15 heavy (non-hydrogen) atoms. The summed E-state index contributed by atoms with van der Waals surface area (Å²) in [5.41, 5.74) is -0.0985. The average Bonchev–Trinajstić information content (AvgIpc) is 2.17. The van der Waals surface area contributed by atoms with E-state index in [1.807, 2.05) is 4.90 Å². The third kappa shape index (κ3) is 2.03. The van der Waals surface area contributed by atoms with Crippen molar-refractivity contribution in [3.8, 4) is 0 Å². The van der Waals surface area contributed by atoms with E-state index in [1.54, 1.807) is 0 Å². The minimum Gasteiger partial charge on any atom is -0.396 e. The first-order valence-electron chi connectivity index (χ1n) is 6.06. The van der Waals surface area contributed by atoms with Crippen LogP contribution < -0.4 is 0 Å². The molecule has 3 nitrogen and oxygen atoms in total. The van der Waals surface area contributed by atoms with Crippen LogP contribution in [0.2, 0.25) is 0 Å². The van der Waals surface area contributed by atoms with Crippen LogP contribution in [0.15, 0.2) is 0 Å². The summed E-state index contributed by atoms with van der Waals surface area (Å²) in [6.45, 7) is 3.87. The average molecular weight is 211 g/mol. The fourth-order valence-electron chi connectivity index (χ4n) is 2.78. The molecule has 86 valence electrons. The highest BCUT2D eigenvalue weighted by Crippen LogP contribution is 2.38. The third-order valence-electron chi connectivity index (χ3n) is 3.98. The first kappa shape index (κ1) is 10.9. The van der Waals surface area contributed by atoms with Gasteiger partial charge in [-0.1, -0.05) is 26.2 Å². The maximum atomic E-state index is 12.2. The molecule has 0 radical (unpaired) electrons. The molecule has 0 aromatic rings. The van der Waals surface area contributed by atoms with Crippen molar-refractivity contribution in [3.63, 3.8) is 0 Å². The smallest absolute Gasteiger partial charge is 0.228 e. The van der Waals surface area contributed by atoms with Crippen LogP contribution in [0, 0.1) is 11.3 Å². The monoisotopic (exact) mass is 211 g/mol. The minimum absolute atomic E-state index is 0.0985. The van der Waals surface area contributed by atoms with Gasteiger partial charge in [0.1, 0.15) is 0 Å². The Labute approximate surface area is 91.5 Å². The second-order valence-electron chi connectivity index (χ2n) is 5.38. The van der Waals surface area contributed by atoms with Crippen LogP contribution in [0.1, 0.15) is 39.0 Å². The van der Waals surface area contributed by atoms with Crippen molar-refractivity contribution < 1.29 is 9.90 Å². The van der Waals surface area contributed by atoms with E-state index in [1.165, 1.54) is 19.3 Å². The van der Waals surface area contributed by atoms with Crippen LogP contribution in [0.3, 0.4) is 0 Å². The van der Waals surface area contributed by atoms with E-state index in [-0.39, 0.29) is 12.0 Å².